The van der Waals surface area contributed by atoms with Crippen LogP contribution in [-0.2, 0) is 4.74 Å². The minimum Gasteiger partial charge on any atom is -0.466 e. The Morgan fingerprint density at radius 1 is 1.35 bits per heavy atom. The molecule has 0 amide bonds. The van der Waals surface area contributed by atoms with Crippen molar-refractivity contribution in [1.29, 1.82) is 0 Å². The van der Waals surface area contributed by atoms with Crippen molar-refractivity contribution in [3.8, 4) is 0 Å². The Bertz CT molecular complexity index is 403. The van der Waals surface area contributed by atoms with Gasteiger partial charge in [-0.3, -0.25) is 0 Å². The first-order valence-electron chi connectivity index (χ1n) is 6.15. The summed E-state index contributed by atoms with van der Waals surface area (Å²) >= 11 is 0. The smallest absolute Gasteiger partial charge is 0.135 e. The van der Waals surface area contributed by atoms with Gasteiger partial charge in [0.2, 0.25) is 0 Å². The lowest BCUT2D eigenvalue weighted by Crippen LogP contribution is -2.32. The van der Waals surface area contributed by atoms with E-state index in [-0.39, 0.29) is 17.1 Å². The fourth-order valence-electron chi connectivity index (χ4n) is 2.97. The number of furan rings is 1. The zero-order valence-corrected chi connectivity index (χ0v) is 11.3. The fraction of sp³-hybridized carbons (Fsp3) is 0.714. The molecule has 1 aliphatic rings. The van der Waals surface area contributed by atoms with Gasteiger partial charge in [0.25, 0.3) is 0 Å². The van der Waals surface area contributed by atoms with Crippen LogP contribution in [0, 0.1) is 12.8 Å². The highest BCUT2D eigenvalue weighted by molar-refractivity contribution is 5.19. The number of aliphatic hydroxyl groups is 1. The van der Waals surface area contributed by atoms with Crippen molar-refractivity contribution in [1.82, 2.24) is 0 Å². The van der Waals surface area contributed by atoms with Gasteiger partial charge in [-0.25, -0.2) is 0 Å². The van der Waals surface area contributed by atoms with Crippen LogP contribution in [0.5, 0.6) is 0 Å². The van der Waals surface area contributed by atoms with Gasteiger partial charge >= 0.3 is 0 Å². The van der Waals surface area contributed by atoms with E-state index >= 15 is 0 Å². The molecule has 2 unspecified atom stereocenters. The third kappa shape index (κ3) is 2.26. The second-order valence-corrected chi connectivity index (χ2v) is 6.19. The molecule has 0 spiro atoms. The highest BCUT2D eigenvalue weighted by Gasteiger charge is 2.49. The minimum absolute atomic E-state index is 0.0577. The van der Waals surface area contributed by atoms with E-state index in [1.807, 2.05) is 26.8 Å². The average molecular weight is 238 g/mol. The van der Waals surface area contributed by atoms with Gasteiger partial charge in [-0.1, -0.05) is 0 Å². The SMILES string of the molecule is Cc1ccoc1C(O)C1CC(C)(C)OC1(C)C. The molecular formula is C14H22O3. The van der Waals surface area contributed by atoms with Crippen LogP contribution in [0.1, 0.15) is 51.5 Å². The highest BCUT2D eigenvalue weighted by Crippen LogP contribution is 2.48. The molecule has 2 atom stereocenters. The van der Waals surface area contributed by atoms with E-state index in [0.717, 1.165) is 12.0 Å². The Morgan fingerprint density at radius 2 is 2.00 bits per heavy atom. The first kappa shape index (κ1) is 12.7. The lowest BCUT2D eigenvalue weighted by molar-refractivity contribution is -0.0899. The van der Waals surface area contributed by atoms with Gasteiger partial charge < -0.3 is 14.3 Å². The quantitative estimate of drug-likeness (QED) is 0.860. The molecule has 1 aromatic rings. The van der Waals surface area contributed by atoms with Gasteiger partial charge in [-0.05, 0) is 52.7 Å². The predicted octanol–water partition coefficient (Wildman–Crippen LogP) is 3.22. The molecule has 3 heteroatoms. The summed E-state index contributed by atoms with van der Waals surface area (Å²) in [4.78, 5) is 0. The predicted molar refractivity (Wildman–Crippen MR) is 65.8 cm³/mol. The first-order chi connectivity index (χ1) is 7.73. The number of hydrogen-bond donors (Lipinski definition) is 1. The molecule has 2 rings (SSSR count). The van der Waals surface area contributed by atoms with Crippen LogP contribution in [0.25, 0.3) is 0 Å². The average Bonchev–Trinajstić information content (AvgIpc) is 2.66. The van der Waals surface area contributed by atoms with Gasteiger partial charge in [0.15, 0.2) is 0 Å². The van der Waals surface area contributed by atoms with E-state index in [9.17, 15) is 5.11 Å². The van der Waals surface area contributed by atoms with Crippen LogP contribution >= 0.6 is 0 Å². The summed E-state index contributed by atoms with van der Waals surface area (Å²) in [7, 11) is 0. The summed E-state index contributed by atoms with van der Waals surface area (Å²) in [5, 5.41) is 10.5. The summed E-state index contributed by atoms with van der Waals surface area (Å²) in [5.41, 5.74) is 0.482. The molecule has 0 bridgehead atoms. The molecule has 0 aliphatic carbocycles. The van der Waals surface area contributed by atoms with Crippen LogP contribution in [0.4, 0.5) is 0 Å². The number of rotatable bonds is 2. The number of ether oxygens (including phenoxy) is 1. The van der Waals surface area contributed by atoms with Crippen molar-refractivity contribution in [3.05, 3.63) is 23.7 Å². The van der Waals surface area contributed by atoms with Crippen molar-refractivity contribution in [2.75, 3.05) is 0 Å². The van der Waals surface area contributed by atoms with Crippen LogP contribution in [0.2, 0.25) is 0 Å². The first-order valence-corrected chi connectivity index (χ1v) is 6.15. The lowest BCUT2D eigenvalue weighted by atomic mass is 9.81. The van der Waals surface area contributed by atoms with Gasteiger partial charge in [-0.15, -0.1) is 0 Å². The van der Waals surface area contributed by atoms with Crippen molar-refractivity contribution >= 4 is 0 Å². The van der Waals surface area contributed by atoms with E-state index in [1.165, 1.54) is 0 Å². The van der Waals surface area contributed by atoms with Crippen LogP contribution in [-0.4, -0.2) is 16.3 Å². The lowest BCUT2D eigenvalue weighted by Gasteiger charge is -2.29. The molecule has 1 N–H and O–H groups in total. The Labute approximate surface area is 103 Å². The molecule has 1 saturated heterocycles. The standard InChI is InChI=1S/C14H22O3/c1-9-6-7-16-12(9)11(15)10-8-13(2,3)17-14(10,4)5/h6-7,10-11,15H,8H2,1-5H3. The zero-order chi connectivity index (χ0) is 12.8. The molecule has 17 heavy (non-hydrogen) atoms. The summed E-state index contributed by atoms with van der Waals surface area (Å²) in [6.07, 6.45) is 1.87. The van der Waals surface area contributed by atoms with Gasteiger partial charge in [0.1, 0.15) is 11.9 Å². The number of aryl methyl sites for hydroxylation is 1. The second kappa shape index (κ2) is 3.85. The Balaban J connectivity index is 2.26. The molecule has 0 aromatic carbocycles. The van der Waals surface area contributed by atoms with Crippen molar-refractivity contribution < 1.29 is 14.3 Å². The Morgan fingerprint density at radius 3 is 2.41 bits per heavy atom. The van der Waals surface area contributed by atoms with E-state index in [0.29, 0.717) is 5.76 Å². The van der Waals surface area contributed by atoms with Gasteiger partial charge in [-0.2, -0.15) is 0 Å². The molecule has 2 heterocycles. The topological polar surface area (TPSA) is 42.6 Å². The zero-order valence-electron chi connectivity index (χ0n) is 11.3. The van der Waals surface area contributed by atoms with E-state index in [4.69, 9.17) is 9.15 Å². The van der Waals surface area contributed by atoms with Crippen molar-refractivity contribution in [2.24, 2.45) is 5.92 Å². The van der Waals surface area contributed by atoms with E-state index in [2.05, 4.69) is 13.8 Å². The highest BCUT2D eigenvalue weighted by atomic mass is 16.5. The molecule has 3 nitrogen and oxygen atoms in total. The number of hydrogen-bond acceptors (Lipinski definition) is 3. The van der Waals surface area contributed by atoms with Gasteiger partial charge in [0.05, 0.1) is 17.5 Å². The van der Waals surface area contributed by atoms with Crippen molar-refractivity contribution in [2.45, 2.75) is 58.3 Å². The third-order valence-corrected chi connectivity index (χ3v) is 3.70. The van der Waals surface area contributed by atoms with Gasteiger partial charge in [0, 0.05) is 5.92 Å². The Kier molecular flexibility index (Phi) is 2.87. The minimum atomic E-state index is -0.596. The third-order valence-electron chi connectivity index (χ3n) is 3.70. The normalized spacial score (nSPS) is 28.2. The van der Waals surface area contributed by atoms with Crippen LogP contribution < -0.4 is 0 Å². The van der Waals surface area contributed by atoms with E-state index in [1.54, 1.807) is 6.26 Å². The number of aliphatic hydroxyl groups excluding tert-OH is 1. The molecule has 0 radical (unpaired) electrons. The second-order valence-electron chi connectivity index (χ2n) is 6.19. The molecule has 1 aliphatic heterocycles. The maximum atomic E-state index is 10.5. The maximum Gasteiger partial charge on any atom is 0.135 e. The molecular weight excluding hydrogens is 216 g/mol. The molecule has 96 valence electrons. The largest absolute Gasteiger partial charge is 0.466 e. The van der Waals surface area contributed by atoms with Crippen LogP contribution in [0.15, 0.2) is 16.7 Å². The van der Waals surface area contributed by atoms with Crippen LogP contribution in [0.3, 0.4) is 0 Å². The summed E-state index contributed by atoms with van der Waals surface area (Å²) in [6.45, 7) is 10.2. The summed E-state index contributed by atoms with van der Waals surface area (Å²) in [6, 6.07) is 1.88. The molecule has 0 saturated carbocycles. The summed E-state index contributed by atoms with van der Waals surface area (Å²) in [5.74, 6) is 0.728. The maximum absolute atomic E-state index is 10.5. The molecule has 1 aromatic heterocycles. The summed E-state index contributed by atoms with van der Waals surface area (Å²) < 4.78 is 11.4. The Hall–Kier alpha value is -0.800. The fourth-order valence-corrected chi connectivity index (χ4v) is 2.97. The van der Waals surface area contributed by atoms with Crippen molar-refractivity contribution in [3.63, 3.8) is 0 Å². The molecule has 1 fully saturated rings. The van der Waals surface area contributed by atoms with E-state index < -0.39 is 6.10 Å². The monoisotopic (exact) mass is 238 g/mol.